The van der Waals surface area contributed by atoms with E-state index in [2.05, 4.69) is 19.2 Å². The standard InChI is InChI=1S/C17H28N2O3S.ClH/c1-14(2)10-13-22-16-4-6-17(7-5-16)23(20,21)19(3)15-8-11-18-12-9-15;/h4-7,14-15,18H,8-13H2,1-3H3;1H. The fourth-order valence-electron chi connectivity index (χ4n) is 2.65. The first kappa shape index (κ1) is 21.2. The molecule has 1 fully saturated rings. The van der Waals surface area contributed by atoms with Crippen LogP contribution in [0.1, 0.15) is 33.1 Å². The van der Waals surface area contributed by atoms with Crippen molar-refractivity contribution >= 4 is 22.4 Å². The monoisotopic (exact) mass is 376 g/mol. The van der Waals surface area contributed by atoms with Crippen LogP contribution in [-0.4, -0.2) is 45.5 Å². The molecule has 1 aliphatic heterocycles. The molecule has 138 valence electrons. The van der Waals surface area contributed by atoms with Crippen molar-refractivity contribution in [1.82, 2.24) is 9.62 Å². The second kappa shape index (κ2) is 9.61. The van der Waals surface area contributed by atoms with Crippen molar-refractivity contribution in [3.63, 3.8) is 0 Å². The van der Waals surface area contributed by atoms with Gasteiger partial charge in [0.25, 0.3) is 0 Å². The number of nitrogens with one attached hydrogen (secondary N) is 1. The van der Waals surface area contributed by atoms with Crippen LogP contribution in [0.5, 0.6) is 5.75 Å². The Labute approximate surface area is 152 Å². The van der Waals surface area contributed by atoms with Crippen LogP contribution >= 0.6 is 12.4 Å². The minimum absolute atomic E-state index is 0. The molecule has 2 rings (SSSR count). The first-order valence-corrected chi connectivity index (χ1v) is 9.77. The van der Waals surface area contributed by atoms with Gasteiger partial charge in [-0.15, -0.1) is 12.4 Å². The van der Waals surface area contributed by atoms with Gasteiger partial charge in [0.1, 0.15) is 5.75 Å². The highest BCUT2D eigenvalue weighted by molar-refractivity contribution is 7.89. The van der Waals surface area contributed by atoms with Gasteiger partial charge in [-0.05, 0) is 62.5 Å². The third kappa shape index (κ3) is 5.62. The van der Waals surface area contributed by atoms with E-state index in [1.165, 1.54) is 4.31 Å². The fourth-order valence-corrected chi connectivity index (χ4v) is 4.07. The molecule has 0 aliphatic carbocycles. The molecule has 1 aliphatic rings. The average Bonchev–Trinajstić information content (AvgIpc) is 2.55. The summed E-state index contributed by atoms with van der Waals surface area (Å²) in [5.74, 6) is 1.31. The van der Waals surface area contributed by atoms with Gasteiger partial charge in [-0.3, -0.25) is 0 Å². The summed E-state index contributed by atoms with van der Waals surface area (Å²) in [4.78, 5) is 0.328. The molecule has 0 saturated carbocycles. The molecule has 0 radical (unpaired) electrons. The molecule has 0 aromatic heterocycles. The third-order valence-corrected chi connectivity index (χ3v) is 6.21. The zero-order valence-electron chi connectivity index (χ0n) is 14.7. The van der Waals surface area contributed by atoms with Crippen LogP contribution in [0, 0.1) is 5.92 Å². The highest BCUT2D eigenvalue weighted by Gasteiger charge is 2.28. The highest BCUT2D eigenvalue weighted by atomic mass is 35.5. The van der Waals surface area contributed by atoms with E-state index >= 15 is 0 Å². The van der Waals surface area contributed by atoms with Gasteiger partial charge in [0.15, 0.2) is 0 Å². The lowest BCUT2D eigenvalue weighted by molar-refractivity contribution is 0.289. The van der Waals surface area contributed by atoms with Crippen LogP contribution in [-0.2, 0) is 10.0 Å². The summed E-state index contributed by atoms with van der Waals surface area (Å²) >= 11 is 0. The van der Waals surface area contributed by atoms with Gasteiger partial charge < -0.3 is 10.1 Å². The third-order valence-electron chi connectivity index (χ3n) is 4.29. The van der Waals surface area contributed by atoms with Crippen LogP contribution in [0.15, 0.2) is 29.2 Å². The minimum Gasteiger partial charge on any atom is -0.494 e. The number of halogens is 1. The molecule has 24 heavy (non-hydrogen) atoms. The second-order valence-corrected chi connectivity index (χ2v) is 8.50. The zero-order chi connectivity index (χ0) is 16.9. The Morgan fingerprint density at radius 3 is 2.33 bits per heavy atom. The topological polar surface area (TPSA) is 58.6 Å². The Morgan fingerprint density at radius 2 is 1.79 bits per heavy atom. The van der Waals surface area contributed by atoms with Gasteiger partial charge in [-0.1, -0.05) is 13.8 Å². The highest BCUT2D eigenvalue weighted by Crippen LogP contribution is 2.23. The summed E-state index contributed by atoms with van der Waals surface area (Å²) in [6, 6.07) is 6.82. The van der Waals surface area contributed by atoms with E-state index < -0.39 is 10.0 Å². The van der Waals surface area contributed by atoms with Crippen LogP contribution in [0.4, 0.5) is 0 Å². The van der Waals surface area contributed by atoms with E-state index in [1.54, 1.807) is 31.3 Å². The van der Waals surface area contributed by atoms with Crippen LogP contribution in [0.25, 0.3) is 0 Å². The van der Waals surface area contributed by atoms with Crippen LogP contribution < -0.4 is 10.1 Å². The SMILES string of the molecule is CC(C)CCOc1ccc(S(=O)(=O)N(C)C2CCNCC2)cc1.Cl. The largest absolute Gasteiger partial charge is 0.494 e. The van der Waals surface area contributed by atoms with E-state index in [9.17, 15) is 8.42 Å². The minimum atomic E-state index is -3.44. The lowest BCUT2D eigenvalue weighted by Crippen LogP contribution is -2.43. The molecule has 1 saturated heterocycles. The second-order valence-electron chi connectivity index (χ2n) is 6.50. The van der Waals surface area contributed by atoms with Crippen molar-refractivity contribution in [2.75, 3.05) is 26.7 Å². The number of ether oxygens (including phenoxy) is 1. The lowest BCUT2D eigenvalue weighted by Gasteiger charge is -2.30. The number of hydrogen-bond donors (Lipinski definition) is 1. The Balaban J connectivity index is 0.00000288. The molecule has 0 spiro atoms. The van der Waals surface area contributed by atoms with E-state index in [0.29, 0.717) is 23.2 Å². The van der Waals surface area contributed by atoms with Gasteiger partial charge in [-0.2, -0.15) is 4.31 Å². The molecule has 5 nitrogen and oxygen atoms in total. The normalized spacial score (nSPS) is 16.2. The molecule has 0 amide bonds. The molecule has 7 heteroatoms. The van der Waals surface area contributed by atoms with Gasteiger partial charge in [0, 0.05) is 13.1 Å². The number of rotatable bonds is 7. The van der Waals surface area contributed by atoms with Gasteiger partial charge in [0.05, 0.1) is 11.5 Å². The van der Waals surface area contributed by atoms with E-state index in [4.69, 9.17) is 4.74 Å². The molecule has 0 bridgehead atoms. The number of piperidine rings is 1. The maximum absolute atomic E-state index is 12.7. The van der Waals surface area contributed by atoms with Gasteiger partial charge in [-0.25, -0.2) is 8.42 Å². The summed E-state index contributed by atoms with van der Waals surface area (Å²) in [5, 5.41) is 3.26. The smallest absolute Gasteiger partial charge is 0.243 e. The number of sulfonamides is 1. The Kier molecular flexibility index (Phi) is 8.50. The van der Waals surface area contributed by atoms with E-state index in [-0.39, 0.29) is 18.4 Å². The average molecular weight is 377 g/mol. The Hall–Kier alpha value is -0.820. The van der Waals surface area contributed by atoms with Crippen molar-refractivity contribution in [3.05, 3.63) is 24.3 Å². The number of hydrogen-bond acceptors (Lipinski definition) is 4. The molecule has 1 aromatic carbocycles. The van der Waals surface area contributed by atoms with Gasteiger partial charge >= 0.3 is 0 Å². The Morgan fingerprint density at radius 1 is 1.21 bits per heavy atom. The van der Waals surface area contributed by atoms with Crippen molar-refractivity contribution in [1.29, 1.82) is 0 Å². The molecule has 0 unspecified atom stereocenters. The molecule has 1 heterocycles. The number of nitrogens with zero attached hydrogens (tertiary/aromatic N) is 1. The first-order chi connectivity index (χ1) is 10.9. The van der Waals surface area contributed by atoms with Crippen molar-refractivity contribution in [2.24, 2.45) is 5.92 Å². The van der Waals surface area contributed by atoms with Gasteiger partial charge in [0.2, 0.25) is 10.0 Å². The Bertz CT molecular complexity index is 584. The molecule has 1 N–H and O–H groups in total. The molecular formula is C17H29ClN2O3S. The van der Waals surface area contributed by atoms with Crippen molar-refractivity contribution < 1.29 is 13.2 Å². The van der Waals surface area contributed by atoms with Crippen molar-refractivity contribution in [3.8, 4) is 5.75 Å². The maximum atomic E-state index is 12.7. The van der Waals surface area contributed by atoms with E-state index in [1.807, 2.05) is 0 Å². The predicted molar refractivity (Wildman–Crippen MR) is 99.5 cm³/mol. The van der Waals surface area contributed by atoms with Crippen LogP contribution in [0.3, 0.4) is 0 Å². The quantitative estimate of drug-likeness (QED) is 0.794. The number of benzene rings is 1. The zero-order valence-corrected chi connectivity index (χ0v) is 16.3. The molecule has 0 atom stereocenters. The first-order valence-electron chi connectivity index (χ1n) is 8.33. The molecular weight excluding hydrogens is 348 g/mol. The van der Waals surface area contributed by atoms with Crippen molar-refractivity contribution in [2.45, 2.75) is 44.0 Å². The van der Waals surface area contributed by atoms with E-state index in [0.717, 1.165) is 32.4 Å². The summed E-state index contributed by atoms with van der Waals surface area (Å²) in [6.07, 6.45) is 2.69. The summed E-state index contributed by atoms with van der Waals surface area (Å²) < 4.78 is 32.6. The lowest BCUT2D eigenvalue weighted by atomic mass is 10.1. The fraction of sp³-hybridized carbons (Fsp3) is 0.647. The molecule has 1 aromatic rings. The summed E-state index contributed by atoms with van der Waals surface area (Å²) in [6.45, 7) is 6.68. The van der Waals surface area contributed by atoms with Crippen LogP contribution in [0.2, 0.25) is 0 Å². The summed E-state index contributed by atoms with van der Waals surface area (Å²) in [7, 11) is -1.76. The summed E-state index contributed by atoms with van der Waals surface area (Å²) in [5.41, 5.74) is 0. The predicted octanol–water partition coefficient (Wildman–Crippen LogP) is 2.91. The maximum Gasteiger partial charge on any atom is 0.243 e.